The van der Waals surface area contributed by atoms with Gasteiger partial charge in [0.2, 0.25) is 0 Å². The predicted molar refractivity (Wildman–Crippen MR) is 75.1 cm³/mol. The molecule has 19 heavy (non-hydrogen) atoms. The summed E-state index contributed by atoms with van der Waals surface area (Å²) in [6.07, 6.45) is 2.74. The summed E-state index contributed by atoms with van der Waals surface area (Å²) in [6.45, 7) is 3.40. The highest BCUT2D eigenvalue weighted by molar-refractivity contribution is 7.15. The van der Waals surface area contributed by atoms with Gasteiger partial charge in [-0.2, -0.15) is 0 Å². The lowest BCUT2D eigenvalue weighted by atomic mass is 10.1. The van der Waals surface area contributed by atoms with E-state index in [1.807, 2.05) is 6.07 Å². The van der Waals surface area contributed by atoms with E-state index in [0.29, 0.717) is 13.1 Å². The highest BCUT2D eigenvalue weighted by Crippen LogP contribution is 2.23. The monoisotopic (exact) mass is 277 g/mol. The SMILES string of the molecule is CCc1cccnc1CNCc1ccc([N+](=O)[O-])s1. The molecule has 1 N–H and O–H groups in total. The third-order valence-electron chi connectivity index (χ3n) is 2.78. The van der Waals surface area contributed by atoms with Crippen LogP contribution in [0, 0.1) is 10.1 Å². The van der Waals surface area contributed by atoms with Crippen LogP contribution in [0.4, 0.5) is 5.00 Å². The molecule has 0 aliphatic rings. The minimum atomic E-state index is -0.359. The minimum absolute atomic E-state index is 0.184. The standard InChI is InChI=1S/C13H15N3O2S/c1-2-10-4-3-7-15-12(10)9-14-8-11-5-6-13(19-11)16(17)18/h3-7,14H,2,8-9H2,1H3. The lowest BCUT2D eigenvalue weighted by Gasteiger charge is -2.06. The average molecular weight is 277 g/mol. The summed E-state index contributed by atoms with van der Waals surface area (Å²) in [5.41, 5.74) is 2.27. The molecule has 0 fully saturated rings. The van der Waals surface area contributed by atoms with Crippen LogP contribution in [0.5, 0.6) is 0 Å². The third kappa shape index (κ3) is 3.59. The van der Waals surface area contributed by atoms with Crippen LogP contribution in [0.2, 0.25) is 0 Å². The summed E-state index contributed by atoms with van der Waals surface area (Å²) in [5, 5.41) is 14.0. The number of nitro groups is 1. The van der Waals surface area contributed by atoms with Crippen molar-refractivity contribution in [3.8, 4) is 0 Å². The molecule has 100 valence electrons. The Morgan fingerprint density at radius 1 is 1.37 bits per heavy atom. The minimum Gasteiger partial charge on any atom is -0.306 e. The quantitative estimate of drug-likeness (QED) is 0.651. The van der Waals surface area contributed by atoms with Crippen LogP contribution in [0.1, 0.15) is 23.1 Å². The first-order valence-electron chi connectivity index (χ1n) is 6.07. The predicted octanol–water partition coefficient (Wildman–Crippen LogP) is 2.90. The summed E-state index contributed by atoms with van der Waals surface area (Å²) in [7, 11) is 0. The Labute approximate surface area is 115 Å². The van der Waals surface area contributed by atoms with E-state index in [4.69, 9.17) is 0 Å². The zero-order valence-corrected chi connectivity index (χ0v) is 11.4. The van der Waals surface area contributed by atoms with Gasteiger partial charge in [-0.1, -0.05) is 24.3 Å². The molecule has 0 aliphatic heterocycles. The molecule has 0 radical (unpaired) electrons. The maximum atomic E-state index is 10.6. The second-order valence-electron chi connectivity index (χ2n) is 4.06. The molecule has 0 unspecified atom stereocenters. The van der Waals surface area contributed by atoms with Crippen molar-refractivity contribution in [2.45, 2.75) is 26.4 Å². The number of pyridine rings is 1. The summed E-state index contributed by atoms with van der Waals surface area (Å²) in [4.78, 5) is 15.5. The molecule has 0 spiro atoms. The number of aryl methyl sites for hydroxylation is 1. The van der Waals surface area contributed by atoms with Crippen molar-refractivity contribution in [1.29, 1.82) is 0 Å². The fourth-order valence-electron chi connectivity index (χ4n) is 1.82. The van der Waals surface area contributed by atoms with E-state index in [-0.39, 0.29) is 9.92 Å². The van der Waals surface area contributed by atoms with Gasteiger partial charge < -0.3 is 5.32 Å². The fourth-order valence-corrected chi connectivity index (χ4v) is 2.61. The molecule has 2 aromatic heterocycles. The Balaban J connectivity index is 1.90. The number of aromatic nitrogens is 1. The van der Waals surface area contributed by atoms with Gasteiger partial charge >= 0.3 is 5.00 Å². The first kappa shape index (κ1) is 13.6. The molecule has 0 aliphatic carbocycles. The normalized spacial score (nSPS) is 10.6. The van der Waals surface area contributed by atoms with Crippen LogP contribution < -0.4 is 5.32 Å². The zero-order chi connectivity index (χ0) is 13.7. The molecular formula is C13H15N3O2S. The summed E-state index contributed by atoms with van der Waals surface area (Å²) >= 11 is 1.20. The molecule has 2 rings (SSSR count). The van der Waals surface area contributed by atoms with Crippen LogP contribution in [0.3, 0.4) is 0 Å². The van der Waals surface area contributed by atoms with Gasteiger partial charge in [0, 0.05) is 30.2 Å². The molecule has 2 heterocycles. The summed E-state index contributed by atoms with van der Waals surface area (Å²) in [5.74, 6) is 0. The third-order valence-corrected chi connectivity index (χ3v) is 3.82. The Bertz CT molecular complexity index is 569. The molecule has 0 saturated heterocycles. The number of thiophene rings is 1. The van der Waals surface area contributed by atoms with Crippen molar-refractivity contribution in [2.75, 3.05) is 0 Å². The van der Waals surface area contributed by atoms with Crippen LogP contribution in [0.25, 0.3) is 0 Å². The first-order chi connectivity index (χ1) is 9.20. The van der Waals surface area contributed by atoms with Crippen molar-refractivity contribution < 1.29 is 4.92 Å². The summed E-state index contributed by atoms with van der Waals surface area (Å²) in [6, 6.07) is 7.33. The van der Waals surface area contributed by atoms with Crippen molar-refractivity contribution in [2.24, 2.45) is 0 Å². The Hall–Kier alpha value is -1.79. The van der Waals surface area contributed by atoms with Gasteiger partial charge in [0.1, 0.15) is 0 Å². The molecule has 0 saturated carbocycles. The average Bonchev–Trinajstić information content (AvgIpc) is 2.88. The highest BCUT2D eigenvalue weighted by Gasteiger charge is 2.09. The van der Waals surface area contributed by atoms with Gasteiger partial charge in [-0.15, -0.1) is 0 Å². The van der Waals surface area contributed by atoms with E-state index in [2.05, 4.69) is 23.3 Å². The Morgan fingerprint density at radius 3 is 2.89 bits per heavy atom. The lowest BCUT2D eigenvalue weighted by Crippen LogP contribution is -2.14. The molecular weight excluding hydrogens is 262 g/mol. The van der Waals surface area contributed by atoms with Gasteiger partial charge in [0.25, 0.3) is 0 Å². The van der Waals surface area contributed by atoms with E-state index in [0.717, 1.165) is 17.0 Å². The smallest absolute Gasteiger partial charge is 0.306 e. The number of nitrogens with zero attached hydrogens (tertiary/aromatic N) is 2. The number of hydrogen-bond donors (Lipinski definition) is 1. The Morgan fingerprint density at radius 2 is 2.21 bits per heavy atom. The molecule has 2 aromatic rings. The molecule has 0 aromatic carbocycles. The number of rotatable bonds is 6. The first-order valence-corrected chi connectivity index (χ1v) is 6.89. The van der Waals surface area contributed by atoms with Gasteiger partial charge in [-0.25, -0.2) is 0 Å². The lowest BCUT2D eigenvalue weighted by molar-refractivity contribution is -0.380. The highest BCUT2D eigenvalue weighted by atomic mass is 32.1. The Kier molecular flexibility index (Phi) is 4.59. The van der Waals surface area contributed by atoms with Crippen LogP contribution in [0.15, 0.2) is 30.5 Å². The molecule has 5 nitrogen and oxygen atoms in total. The van der Waals surface area contributed by atoms with Gasteiger partial charge in [0.15, 0.2) is 0 Å². The largest absolute Gasteiger partial charge is 0.324 e. The van der Waals surface area contributed by atoms with Gasteiger partial charge in [-0.05, 0) is 24.1 Å². The topological polar surface area (TPSA) is 68.1 Å². The van der Waals surface area contributed by atoms with Gasteiger partial charge in [0.05, 0.1) is 10.6 Å². The zero-order valence-electron chi connectivity index (χ0n) is 10.6. The molecule has 0 bridgehead atoms. The van der Waals surface area contributed by atoms with Crippen LogP contribution in [-0.2, 0) is 19.5 Å². The number of hydrogen-bond acceptors (Lipinski definition) is 5. The second-order valence-corrected chi connectivity index (χ2v) is 5.21. The maximum absolute atomic E-state index is 10.6. The second kappa shape index (κ2) is 6.40. The van der Waals surface area contributed by atoms with Crippen molar-refractivity contribution >= 4 is 16.3 Å². The van der Waals surface area contributed by atoms with E-state index in [1.165, 1.54) is 16.9 Å². The molecule has 0 amide bonds. The number of nitrogens with one attached hydrogen (secondary N) is 1. The van der Waals surface area contributed by atoms with Crippen molar-refractivity contribution in [1.82, 2.24) is 10.3 Å². The summed E-state index contributed by atoms with van der Waals surface area (Å²) < 4.78 is 0. The van der Waals surface area contributed by atoms with Crippen LogP contribution >= 0.6 is 11.3 Å². The van der Waals surface area contributed by atoms with Crippen molar-refractivity contribution in [3.05, 3.63) is 56.7 Å². The molecule has 6 heteroatoms. The molecule has 0 atom stereocenters. The maximum Gasteiger partial charge on any atom is 0.324 e. The van der Waals surface area contributed by atoms with Crippen molar-refractivity contribution in [3.63, 3.8) is 0 Å². The van der Waals surface area contributed by atoms with Crippen LogP contribution in [-0.4, -0.2) is 9.91 Å². The van der Waals surface area contributed by atoms with E-state index >= 15 is 0 Å². The van der Waals surface area contributed by atoms with E-state index in [1.54, 1.807) is 18.3 Å². The van der Waals surface area contributed by atoms with E-state index < -0.39 is 0 Å². The van der Waals surface area contributed by atoms with E-state index in [9.17, 15) is 10.1 Å². The fraction of sp³-hybridized carbons (Fsp3) is 0.308. The van der Waals surface area contributed by atoms with Gasteiger partial charge in [-0.3, -0.25) is 15.1 Å².